The monoisotopic (exact) mass is 296 g/mol. The number of carbonyl (C=O) groups excluding carboxylic acids is 1. The molecule has 0 saturated carbocycles. The van der Waals surface area contributed by atoms with Gasteiger partial charge in [-0.15, -0.1) is 0 Å². The summed E-state index contributed by atoms with van der Waals surface area (Å²) in [4.78, 5) is 14.4. The van der Waals surface area contributed by atoms with Gasteiger partial charge < -0.3 is 10.2 Å². The molecule has 1 fully saturated rings. The summed E-state index contributed by atoms with van der Waals surface area (Å²) in [5, 5.41) is 3.37. The van der Waals surface area contributed by atoms with E-state index in [1.807, 2.05) is 0 Å². The third-order valence-electron chi connectivity index (χ3n) is 4.60. The van der Waals surface area contributed by atoms with Crippen molar-refractivity contribution in [1.82, 2.24) is 10.2 Å². The van der Waals surface area contributed by atoms with Crippen LogP contribution in [0.2, 0.25) is 0 Å². The molecular weight excluding hydrogens is 260 g/mol. The first-order chi connectivity index (χ1) is 10.1. The van der Waals surface area contributed by atoms with E-state index in [1.165, 1.54) is 51.4 Å². The summed E-state index contributed by atoms with van der Waals surface area (Å²) in [7, 11) is 0. The fourth-order valence-electron chi connectivity index (χ4n) is 3.17. The van der Waals surface area contributed by atoms with E-state index in [0.717, 1.165) is 32.5 Å². The fraction of sp³-hybridized carbons (Fsp3) is 0.944. The van der Waals surface area contributed by atoms with E-state index in [-0.39, 0.29) is 5.54 Å². The summed E-state index contributed by atoms with van der Waals surface area (Å²) in [6.45, 7) is 9.30. The molecule has 0 aromatic heterocycles. The van der Waals surface area contributed by atoms with Crippen LogP contribution in [0.3, 0.4) is 0 Å². The van der Waals surface area contributed by atoms with Crippen molar-refractivity contribution in [3.05, 3.63) is 0 Å². The molecule has 0 aliphatic carbocycles. The highest BCUT2D eigenvalue weighted by Crippen LogP contribution is 2.19. The van der Waals surface area contributed by atoms with Gasteiger partial charge in [-0.25, -0.2) is 0 Å². The van der Waals surface area contributed by atoms with Crippen LogP contribution < -0.4 is 5.32 Å². The Bertz CT molecular complexity index is 289. The predicted molar refractivity (Wildman–Crippen MR) is 90.5 cm³/mol. The van der Waals surface area contributed by atoms with Gasteiger partial charge in [-0.1, -0.05) is 58.3 Å². The average molecular weight is 296 g/mol. The molecule has 0 radical (unpaired) electrons. The number of hydrogen-bond acceptors (Lipinski definition) is 2. The van der Waals surface area contributed by atoms with E-state index in [9.17, 15) is 4.79 Å². The fourth-order valence-corrected chi connectivity index (χ4v) is 3.17. The molecule has 3 heteroatoms. The Kier molecular flexibility index (Phi) is 8.98. The minimum Gasteiger partial charge on any atom is -0.335 e. The third kappa shape index (κ3) is 7.30. The van der Waals surface area contributed by atoms with Crippen molar-refractivity contribution < 1.29 is 4.79 Å². The highest BCUT2D eigenvalue weighted by Gasteiger charge is 2.32. The second-order valence-electron chi connectivity index (χ2n) is 7.11. The lowest BCUT2D eigenvalue weighted by atomic mass is 9.99. The van der Waals surface area contributed by atoms with E-state index in [4.69, 9.17) is 0 Å². The van der Waals surface area contributed by atoms with Gasteiger partial charge in [0.2, 0.25) is 5.91 Å². The normalized spacial score (nSPS) is 18.0. The zero-order valence-electron chi connectivity index (χ0n) is 14.5. The molecule has 1 saturated heterocycles. The van der Waals surface area contributed by atoms with E-state index in [1.54, 1.807) is 0 Å². The Morgan fingerprint density at radius 1 is 1.00 bits per heavy atom. The number of rotatable bonds is 10. The molecule has 0 bridgehead atoms. The molecule has 1 aliphatic heterocycles. The van der Waals surface area contributed by atoms with Crippen LogP contribution in [0.15, 0.2) is 0 Å². The standard InChI is InChI=1S/C18H36N2O/c1-4-5-6-7-8-9-10-11-12-13-17(21)20-15-14-19-16-18(20,2)3/h19H,4-16H2,1-3H3. The number of nitrogens with one attached hydrogen (secondary N) is 1. The summed E-state index contributed by atoms with van der Waals surface area (Å²) < 4.78 is 0. The molecule has 0 unspecified atom stereocenters. The van der Waals surface area contributed by atoms with E-state index in [0.29, 0.717) is 5.91 Å². The van der Waals surface area contributed by atoms with Crippen molar-refractivity contribution in [2.75, 3.05) is 19.6 Å². The Morgan fingerprint density at radius 2 is 1.57 bits per heavy atom. The van der Waals surface area contributed by atoms with Gasteiger partial charge >= 0.3 is 0 Å². The molecule has 1 heterocycles. The molecule has 124 valence electrons. The van der Waals surface area contributed by atoms with Crippen LogP contribution in [0, 0.1) is 0 Å². The molecule has 1 aliphatic rings. The lowest BCUT2D eigenvalue weighted by Gasteiger charge is -2.43. The Hall–Kier alpha value is -0.570. The average Bonchev–Trinajstić information content (AvgIpc) is 2.45. The number of nitrogens with zero attached hydrogens (tertiary/aromatic N) is 1. The van der Waals surface area contributed by atoms with Crippen molar-refractivity contribution in [2.45, 2.75) is 90.5 Å². The summed E-state index contributed by atoms with van der Waals surface area (Å²) >= 11 is 0. The minimum absolute atomic E-state index is 0.0192. The summed E-state index contributed by atoms with van der Waals surface area (Å²) in [5.41, 5.74) is -0.0192. The second kappa shape index (κ2) is 10.2. The summed E-state index contributed by atoms with van der Waals surface area (Å²) in [6, 6.07) is 0. The van der Waals surface area contributed by atoms with Crippen molar-refractivity contribution >= 4 is 5.91 Å². The third-order valence-corrected chi connectivity index (χ3v) is 4.60. The molecular formula is C18H36N2O. The van der Waals surface area contributed by atoms with Gasteiger partial charge in [-0.3, -0.25) is 4.79 Å². The molecule has 1 N–H and O–H groups in total. The Morgan fingerprint density at radius 3 is 2.14 bits per heavy atom. The number of amides is 1. The highest BCUT2D eigenvalue weighted by molar-refractivity contribution is 5.77. The van der Waals surface area contributed by atoms with Crippen LogP contribution in [-0.4, -0.2) is 36.0 Å². The molecule has 1 amide bonds. The number of carbonyl (C=O) groups is 1. The van der Waals surface area contributed by atoms with Gasteiger partial charge in [-0.05, 0) is 20.3 Å². The number of hydrogen-bond donors (Lipinski definition) is 1. The van der Waals surface area contributed by atoms with Crippen molar-refractivity contribution in [3.8, 4) is 0 Å². The lowest BCUT2D eigenvalue weighted by Crippen LogP contribution is -2.59. The highest BCUT2D eigenvalue weighted by atomic mass is 16.2. The molecule has 0 spiro atoms. The van der Waals surface area contributed by atoms with Crippen LogP contribution >= 0.6 is 0 Å². The van der Waals surface area contributed by atoms with Crippen molar-refractivity contribution in [2.24, 2.45) is 0 Å². The van der Waals surface area contributed by atoms with E-state index < -0.39 is 0 Å². The molecule has 0 atom stereocenters. The zero-order chi connectivity index (χ0) is 15.6. The first-order valence-corrected chi connectivity index (χ1v) is 9.09. The first kappa shape index (κ1) is 18.5. The van der Waals surface area contributed by atoms with Gasteiger partial charge in [0, 0.05) is 31.6 Å². The number of unbranched alkanes of at least 4 members (excludes halogenated alkanes) is 8. The van der Waals surface area contributed by atoms with Gasteiger partial charge in [0.05, 0.1) is 0 Å². The van der Waals surface area contributed by atoms with Crippen molar-refractivity contribution in [3.63, 3.8) is 0 Å². The molecule has 0 aromatic rings. The first-order valence-electron chi connectivity index (χ1n) is 9.09. The molecule has 1 rings (SSSR count). The quantitative estimate of drug-likeness (QED) is 0.615. The number of piperazine rings is 1. The van der Waals surface area contributed by atoms with E-state index >= 15 is 0 Å². The van der Waals surface area contributed by atoms with E-state index in [2.05, 4.69) is 31.0 Å². The van der Waals surface area contributed by atoms with Gasteiger partial charge in [0.1, 0.15) is 0 Å². The smallest absolute Gasteiger partial charge is 0.223 e. The lowest BCUT2D eigenvalue weighted by molar-refractivity contribution is -0.137. The maximum absolute atomic E-state index is 12.3. The van der Waals surface area contributed by atoms with Gasteiger partial charge in [-0.2, -0.15) is 0 Å². The van der Waals surface area contributed by atoms with Crippen LogP contribution in [0.5, 0.6) is 0 Å². The van der Waals surface area contributed by atoms with Crippen LogP contribution in [-0.2, 0) is 4.79 Å². The van der Waals surface area contributed by atoms with Gasteiger partial charge in [0.15, 0.2) is 0 Å². The minimum atomic E-state index is -0.0192. The van der Waals surface area contributed by atoms with Crippen LogP contribution in [0.25, 0.3) is 0 Å². The molecule has 0 aromatic carbocycles. The zero-order valence-corrected chi connectivity index (χ0v) is 14.5. The Balaban J connectivity index is 2.03. The van der Waals surface area contributed by atoms with Crippen LogP contribution in [0.4, 0.5) is 0 Å². The topological polar surface area (TPSA) is 32.3 Å². The SMILES string of the molecule is CCCCCCCCCCCC(=O)N1CCNCC1(C)C. The summed E-state index contributed by atoms with van der Waals surface area (Å²) in [6.07, 6.45) is 12.5. The predicted octanol–water partition coefficient (Wildman–Crippen LogP) is 4.12. The Labute approximate surface area is 131 Å². The largest absolute Gasteiger partial charge is 0.335 e. The maximum Gasteiger partial charge on any atom is 0.223 e. The second-order valence-corrected chi connectivity index (χ2v) is 7.11. The van der Waals surface area contributed by atoms with Crippen LogP contribution in [0.1, 0.15) is 85.0 Å². The molecule has 21 heavy (non-hydrogen) atoms. The molecule has 3 nitrogen and oxygen atoms in total. The summed E-state index contributed by atoms with van der Waals surface area (Å²) in [5.74, 6) is 0.351. The van der Waals surface area contributed by atoms with Gasteiger partial charge in [0.25, 0.3) is 0 Å². The van der Waals surface area contributed by atoms with Crippen molar-refractivity contribution in [1.29, 1.82) is 0 Å². The maximum atomic E-state index is 12.3.